The molecule has 1 atom stereocenters. The number of benzene rings is 2. The Hall–Kier alpha value is -2.62. The van der Waals surface area contributed by atoms with Crippen molar-refractivity contribution < 1.29 is 4.39 Å². The van der Waals surface area contributed by atoms with E-state index in [1.54, 1.807) is 36.1 Å². The molecule has 1 unspecified atom stereocenters. The highest BCUT2D eigenvalue weighted by atomic mass is 127. The van der Waals surface area contributed by atoms with Crippen molar-refractivity contribution in [3.8, 4) is 5.69 Å². The monoisotopic (exact) mass is 562 g/mol. The van der Waals surface area contributed by atoms with Crippen molar-refractivity contribution in [1.82, 2.24) is 20.2 Å². The molecule has 1 fully saturated rings. The summed E-state index contributed by atoms with van der Waals surface area (Å²) in [6, 6.07) is 14.0. The van der Waals surface area contributed by atoms with E-state index in [1.807, 2.05) is 13.0 Å². The quantitative estimate of drug-likeness (QED) is 0.253. The number of aryl methyl sites for hydroxylation is 1. The Balaban J connectivity index is 0.00000306. The van der Waals surface area contributed by atoms with Gasteiger partial charge in [0.1, 0.15) is 11.6 Å². The third-order valence-corrected chi connectivity index (χ3v) is 5.98. The van der Waals surface area contributed by atoms with E-state index >= 15 is 0 Å². The summed E-state index contributed by atoms with van der Waals surface area (Å²) in [5, 5.41) is 6.73. The van der Waals surface area contributed by atoms with Crippen molar-refractivity contribution in [3.63, 3.8) is 0 Å². The molecular weight excluding hydrogens is 530 g/mol. The van der Waals surface area contributed by atoms with Crippen LogP contribution in [-0.4, -0.2) is 35.6 Å². The Morgan fingerprint density at radius 1 is 1.18 bits per heavy atom. The second-order valence-electron chi connectivity index (χ2n) is 8.21. The SMILES string of the molecule is CN=C(NCc1ccc(-n2ccnc2C)c(F)c1)NC(C)c1cccc(N2CCCC2)c1.I. The van der Waals surface area contributed by atoms with Gasteiger partial charge in [0.25, 0.3) is 0 Å². The van der Waals surface area contributed by atoms with Gasteiger partial charge in [-0.05, 0) is 62.1 Å². The summed E-state index contributed by atoms with van der Waals surface area (Å²) in [6.45, 7) is 6.71. The molecule has 1 aliphatic rings. The van der Waals surface area contributed by atoms with Gasteiger partial charge in [-0.15, -0.1) is 24.0 Å². The highest BCUT2D eigenvalue weighted by molar-refractivity contribution is 14.0. The Kier molecular flexibility index (Phi) is 8.71. The van der Waals surface area contributed by atoms with Gasteiger partial charge in [0.15, 0.2) is 5.96 Å². The summed E-state index contributed by atoms with van der Waals surface area (Å²) in [4.78, 5) is 10.9. The van der Waals surface area contributed by atoms with Gasteiger partial charge < -0.3 is 20.1 Å². The zero-order valence-electron chi connectivity index (χ0n) is 19.4. The Labute approximate surface area is 212 Å². The lowest BCUT2D eigenvalue weighted by Crippen LogP contribution is -2.38. The van der Waals surface area contributed by atoms with E-state index in [9.17, 15) is 4.39 Å². The van der Waals surface area contributed by atoms with Gasteiger partial charge in [0.05, 0.1) is 11.7 Å². The van der Waals surface area contributed by atoms with Crippen LogP contribution in [0.4, 0.5) is 10.1 Å². The Morgan fingerprint density at radius 2 is 1.97 bits per heavy atom. The first-order valence-corrected chi connectivity index (χ1v) is 11.2. The van der Waals surface area contributed by atoms with Crippen LogP contribution in [0.2, 0.25) is 0 Å². The molecule has 176 valence electrons. The lowest BCUT2D eigenvalue weighted by atomic mass is 10.1. The van der Waals surface area contributed by atoms with Gasteiger partial charge in [-0.2, -0.15) is 0 Å². The third-order valence-electron chi connectivity index (χ3n) is 5.98. The minimum Gasteiger partial charge on any atom is -0.372 e. The number of nitrogens with one attached hydrogen (secondary N) is 2. The molecule has 0 amide bonds. The van der Waals surface area contributed by atoms with Gasteiger partial charge in [-0.3, -0.25) is 4.99 Å². The van der Waals surface area contributed by atoms with Gasteiger partial charge in [-0.25, -0.2) is 9.37 Å². The molecule has 4 rings (SSSR count). The highest BCUT2D eigenvalue weighted by Gasteiger charge is 2.15. The van der Waals surface area contributed by atoms with Crippen molar-refractivity contribution in [2.45, 2.75) is 39.3 Å². The molecule has 2 heterocycles. The number of imidazole rings is 1. The number of hydrogen-bond donors (Lipinski definition) is 2. The number of anilines is 1. The van der Waals surface area contributed by atoms with Gasteiger partial charge in [-0.1, -0.05) is 18.2 Å². The molecule has 1 saturated heterocycles. The summed E-state index contributed by atoms with van der Waals surface area (Å²) >= 11 is 0. The van der Waals surface area contributed by atoms with E-state index in [-0.39, 0.29) is 35.8 Å². The summed E-state index contributed by atoms with van der Waals surface area (Å²) < 4.78 is 16.4. The summed E-state index contributed by atoms with van der Waals surface area (Å²) in [5.41, 5.74) is 3.83. The standard InChI is InChI=1S/C25H31FN6.HI/c1-18(21-7-6-8-22(16-21)31-12-4-5-13-31)30-25(27-3)29-17-20-9-10-24(23(26)15-20)32-14-11-28-19(32)2;/h6-11,14-16,18H,4-5,12-13,17H2,1-3H3,(H2,27,29,30);1H. The molecule has 0 saturated carbocycles. The molecule has 2 aromatic carbocycles. The molecule has 33 heavy (non-hydrogen) atoms. The van der Waals surface area contributed by atoms with E-state index in [0.717, 1.165) is 24.5 Å². The van der Waals surface area contributed by atoms with Crippen LogP contribution in [0.3, 0.4) is 0 Å². The van der Waals surface area contributed by atoms with Crippen LogP contribution in [0.1, 0.15) is 42.8 Å². The zero-order valence-corrected chi connectivity index (χ0v) is 21.7. The van der Waals surface area contributed by atoms with Crippen LogP contribution in [0.5, 0.6) is 0 Å². The number of halogens is 2. The molecular formula is C25H32FIN6. The number of hydrogen-bond acceptors (Lipinski definition) is 3. The van der Waals surface area contributed by atoms with E-state index in [2.05, 4.69) is 56.7 Å². The Bertz CT molecular complexity index is 1090. The van der Waals surface area contributed by atoms with E-state index < -0.39 is 0 Å². The minimum atomic E-state index is -0.277. The maximum atomic E-state index is 14.7. The Morgan fingerprint density at radius 3 is 2.64 bits per heavy atom. The number of aromatic nitrogens is 2. The summed E-state index contributed by atoms with van der Waals surface area (Å²) in [5.74, 6) is 1.15. The lowest BCUT2D eigenvalue weighted by Gasteiger charge is -2.22. The summed E-state index contributed by atoms with van der Waals surface area (Å²) in [6.07, 6.45) is 5.95. The summed E-state index contributed by atoms with van der Waals surface area (Å²) in [7, 11) is 1.74. The molecule has 6 nitrogen and oxygen atoms in total. The van der Waals surface area contributed by atoms with Crippen molar-refractivity contribution in [2.24, 2.45) is 4.99 Å². The molecule has 0 aliphatic carbocycles. The molecule has 0 bridgehead atoms. The third kappa shape index (κ3) is 6.04. The predicted molar refractivity (Wildman–Crippen MR) is 143 cm³/mol. The van der Waals surface area contributed by atoms with Crippen LogP contribution in [-0.2, 0) is 6.54 Å². The van der Waals surface area contributed by atoms with Crippen LogP contribution in [0, 0.1) is 12.7 Å². The average molecular weight is 562 g/mol. The fourth-order valence-electron chi connectivity index (χ4n) is 4.12. The second-order valence-corrected chi connectivity index (χ2v) is 8.21. The zero-order chi connectivity index (χ0) is 22.5. The molecule has 0 spiro atoms. The number of rotatable bonds is 6. The van der Waals surface area contributed by atoms with Crippen LogP contribution < -0.4 is 15.5 Å². The van der Waals surface area contributed by atoms with E-state index in [0.29, 0.717) is 18.2 Å². The van der Waals surface area contributed by atoms with Crippen LogP contribution in [0.15, 0.2) is 59.9 Å². The molecule has 0 radical (unpaired) electrons. The van der Waals surface area contributed by atoms with Gasteiger partial charge >= 0.3 is 0 Å². The first-order chi connectivity index (χ1) is 15.5. The van der Waals surface area contributed by atoms with Crippen molar-refractivity contribution in [1.29, 1.82) is 0 Å². The number of guanidine groups is 1. The molecule has 3 aromatic rings. The number of nitrogens with zero attached hydrogens (tertiary/aromatic N) is 4. The van der Waals surface area contributed by atoms with Crippen molar-refractivity contribution in [3.05, 3.63) is 77.6 Å². The molecule has 1 aromatic heterocycles. The fourth-order valence-corrected chi connectivity index (χ4v) is 4.12. The first-order valence-electron chi connectivity index (χ1n) is 11.2. The normalized spacial score (nSPS) is 14.7. The van der Waals surface area contributed by atoms with Crippen LogP contribution >= 0.6 is 24.0 Å². The predicted octanol–water partition coefficient (Wildman–Crippen LogP) is 4.96. The van der Waals surface area contributed by atoms with Gasteiger partial charge in [0.2, 0.25) is 0 Å². The minimum absolute atomic E-state index is 0. The maximum Gasteiger partial charge on any atom is 0.191 e. The van der Waals surface area contributed by atoms with Crippen molar-refractivity contribution >= 4 is 35.6 Å². The topological polar surface area (TPSA) is 57.5 Å². The molecule has 1 aliphatic heterocycles. The van der Waals surface area contributed by atoms with Crippen LogP contribution in [0.25, 0.3) is 5.69 Å². The average Bonchev–Trinajstić information content (AvgIpc) is 3.49. The highest BCUT2D eigenvalue weighted by Crippen LogP contribution is 2.24. The first kappa shape index (κ1) is 25.0. The fraction of sp³-hybridized carbons (Fsp3) is 0.360. The van der Waals surface area contributed by atoms with E-state index in [1.165, 1.54) is 24.1 Å². The number of aliphatic imine (C=N–C) groups is 1. The lowest BCUT2D eigenvalue weighted by molar-refractivity contribution is 0.613. The smallest absolute Gasteiger partial charge is 0.191 e. The maximum absolute atomic E-state index is 14.7. The largest absolute Gasteiger partial charge is 0.372 e. The van der Waals surface area contributed by atoms with E-state index in [4.69, 9.17) is 0 Å². The van der Waals surface area contributed by atoms with Gasteiger partial charge in [0, 0.05) is 44.8 Å². The molecule has 8 heteroatoms. The second kappa shape index (κ2) is 11.5. The van der Waals surface area contributed by atoms with Crippen molar-refractivity contribution in [2.75, 3.05) is 25.0 Å². The molecule has 2 N–H and O–H groups in total.